The molecule has 4 heterocycles. The van der Waals surface area contributed by atoms with Crippen LogP contribution in [0.2, 0.25) is 0 Å². The van der Waals surface area contributed by atoms with Crippen LogP contribution in [0.25, 0.3) is 0 Å². The van der Waals surface area contributed by atoms with E-state index in [1.807, 2.05) is 4.90 Å². The van der Waals surface area contributed by atoms with Crippen LogP contribution in [-0.2, 0) is 20.0 Å². The van der Waals surface area contributed by atoms with Crippen molar-refractivity contribution in [1.82, 2.24) is 29.5 Å². The maximum atomic E-state index is 13.2. The number of amides is 1. The molecule has 8 nitrogen and oxygen atoms in total. The van der Waals surface area contributed by atoms with Crippen LogP contribution in [0.4, 0.5) is 0 Å². The van der Waals surface area contributed by atoms with Gasteiger partial charge in [-0.1, -0.05) is 19.3 Å². The monoisotopic (exact) mass is 424 g/mol. The van der Waals surface area contributed by atoms with Gasteiger partial charge in [-0.2, -0.15) is 5.10 Å². The lowest BCUT2D eigenvalue weighted by molar-refractivity contribution is 0.0586. The minimum Gasteiger partial charge on any atom is -0.327 e. The number of nitrogens with one attached hydrogen (secondary N) is 1. The van der Waals surface area contributed by atoms with Gasteiger partial charge in [0.25, 0.3) is 11.5 Å². The first-order valence-electron chi connectivity index (χ1n) is 11.8. The summed E-state index contributed by atoms with van der Waals surface area (Å²) in [5.74, 6) is 0.596. The molecule has 166 valence electrons. The number of aromatic nitrogens is 4. The second-order valence-electron chi connectivity index (χ2n) is 9.24. The summed E-state index contributed by atoms with van der Waals surface area (Å²) in [5, 5.41) is 4.14. The minimum atomic E-state index is -0.195. The van der Waals surface area contributed by atoms with Crippen LogP contribution in [0.1, 0.15) is 85.0 Å². The number of carbonyl (C=O) groups excluding carboxylic acids is 1. The number of H-pyrrole nitrogens is 1. The Kier molecular flexibility index (Phi) is 5.65. The molecule has 2 aromatic rings. The maximum absolute atomic E-state index is 13.2. The van der Waals surface area contributed by atoms with Crippen molar-refractivity contribution in [1.29, 1.82) is 0 Å². The van der Waals surface area contributed by atoms with E-state index in [0.29, 0.717) is 24.1 Å². The van der Waals surface area contributed by atoms with Crippen LogP contribution in [-0.4, -0.2) is 54.6 Å². The van der Waals surface area contributed by atoms with Crippen molar-refractivity contribution in [3.8, 4) is 0 Å². The van der Waals surface area contributed by atoms with Crippen LogP contribution in [0, 0.1) is 0 Å². The topological polar surface area (TPSA) is 87.1 Å². The molecule has 0 unspecified atom stereocenters. The van der Waals surface area contributed by atoms with Gasteiger partial charge in [-0.05, 0) is 44.6 Å². The van der Waals surface area contributed by atoms with Gasteiger partial charge in [-0.25, -0.2) is 4.98 Å². The number of piperidine rings is 1. The van der Waals surface area contributed by atoms with Crippen molar-refractivity contribution >= 4 is 5.91 Å². The van der Waals surface area contributed by atoms with E-state index in [-0.39, 0.29) is 17.5 Å². The zero-order valence-corrected chi connectivity index (χ0v) is 18.3. The number of hydrogen-bond acceptors (Lipinski definition) is 5. The molecule has 1 amide bonds. The fourth-order valence-corrected chi connectivity index (χ4v) is 5.58. The first-order valence-corrected chi connectivity index (χ1v) is 11.8. The quantitative estimate of drug-likeness (QED) is 0.818. The molecule has 5 rings (SSSR count). The summed E-state index contributed by atoms with van der Waals surface area (Å²) in [5.41, 5.74) is 2.28. The minimum absolute atomic E-state index is 0.0261. The number of rotatable bonds is 3. The molecule has 1 aliphatic carbocycles. The number of aromatic amines is 1. The highest BCUT2D eigenvalue weighted by Gasteiger charge is 2.33. The Bertz CT molecular complexity index is 1010. The van der Waals surface area contributed by atoms with Gasteiger partial charge in [0, 0.05) is 44.5 Å². The molecule has 1 atom stereocenters. The highest BCUT2D eigenvalue weighted by Crippen LogP contribution is 2.31. The SMILES string of the molecule is Cn1nccc1C(=O)N1CCCC[C@@H]1c1nc2c(c(=O)[nH]1)CCN(C1CCCCC1)C2. The van der Waals surface area contributed by atoms with Crippen LogP contribution >= 0.6 is 0 Å². The summed E-state index contributed by atoms with van der Waals surface area (Å²) in [6.45, 7) is 2.36. The zero-order valence-electron chi connectivity index (χ0n) is 18.3. The van der Waals surface area contributed by atoms with Crippen molar-refractivity contribution in [2.45, 2.75) is 76.4 Å². The highest BCUT2D eigenvalue weighted by molar-refractivity contribution is 5.92. The molecule has 0 bridgehead atoms. The van der Waals surface area contributed by atoms with E-state index in [0.717, 1.165) is 50.0 Å². The van der Waals surface area contributed by atoms with Crippen molar-refractivity contribution < 1.29 is 4.79 Å². The van der Waals surface area contributed by atoms with E-state index < -0.39 is 0 Å². The Hall–Kier alpha value is -2.48. The number of hydrogen-bond donors (Lipinski definition) is 1. The van der Waals surface area contributed by atoms with Gasteiger partial charge < -0.3 is 9.88 Å². The molecule has 8 heteroatoms. The van der Waals surface area contributed by atoms with Crippen molar-refractivity contribution in [3.63, 3.8) is 0 Å². The molecule has 0 spiro atoms. The average molecular weight is 425 g/mol. The third-order valence-corrected chi connectivity index (χ3v) is 7.33. The first-order chi connectivity index (χ1) is 15.1. The van der Waals surface area contributed by atoms with E-state index in [2.05, 4.69) is 15.0 Å². The van der Waals surface area contributed by atoms with E-state index in [1.165, 1.54) is 32.1 Å². The predicted molar refractivity (Wildman–Crippen MR) is 117 cm³/mol. The van der Waals surface area contributed by atoms with E-state index in [9.17, 15) is 9.59 Å². The summed E-state index contributed by atoms with van der Waals surface area (Å²) < 4.78 is 1.61. The largest absolute Gasteiger partial charge is 0.327 e. The lowest BCUT2D eigenvalue weighted by Crippen LogP contribution is -2.44. The Morgan fingerprint density at radius 2 is 1.90 bits per heavy atom. The van der Waals surface area contributed by atoms with E-state index >= 15 is 0 Å². The molecule has 2 aliphatic heterocycles. The van der Waals surface area contributed by atoms with Crippen molar-refractivity contribution in [2.24, 2.45) is 7.05 Å². The number of carbonyl (C=O) groups is 1. The molecule has 0 radical (unpaired) electrons. The van der Waals surface area contributed by atoms with Gasteiger partial charge in [0.15, 0.2) is 0 Å². The van der Waals surface area contributed by atoms with Crippen molar-refractivity contribution in [3.05, 3.63) is 45.4 Å². The second kappa shape index (κ2) is 8.57. The fraction of sp³-hybridized carbons (Fsp3) is 0.652. The van der Waals surface area contributed by atoms with Crippen LogP contribution < -0.4 is 5.56 Å². The Balaban J connectivity index is 1.43. The van der Waals surface area contributed by atoms with Gasteiger partial charge in [0.05, 0.1) is 11.7 Å². The predicted octanol–water partition coefficient (Wildman–Crippen LogP) is 2.56. The fourth-order valence-electron chi connectivity index (χ4n) is 5.58. The highest BCUT2D eigenvalue weighted by atomic mass is 16.2. The molecule has 1 saturated carbocycles. The maximum Gasteiger partial charge on any atom is 0.272 e. The van der Waals surface area contributed by atoms with Gasteiger partial charge in [-0.15, -0.1) is 0 Å². The summed E-state index contributed by atoms with van der Waals surface area (Å²) in [4.78, 5) is 38.6. The number of fused-ring (bicyclic) bond motifs is 1. The summed E-state index contributed by atoms with van der Waals surface area (Å²) in [6, 6.07) is 2.17. The molecular formula is C23H32N6O2. The lowest BCUT2D eigenvalue weighted by Gasteiger charge is -2.38. The van der Waals surface area contributed by atoms with Gasteiger partial charge in [0.2, 0.25) is 0 Å². The van der Waals surface area contributed by atoms with Gasteiger partial charge in [0.1, 0.15) is 11.5 Å². The van der Waals surface area contributed by atoms with Crippen LogP contribution in [0.15, 0.2) is 17.1 Å². The number of nitrogens with zero attached hydrogens (tertiary/aromatic N) is 5. The first kappa shape index (κ1) is 20.4. The summed E-state index contributed by atoms with van der Waals surface area (Å²) in [7, 11) is 1.78. The van der Waals surface area contributed by atoms with Crippen LogP contribution in [0.3, 0.4) is 0 Å². The molecule has 2 aromatic heterocycles. The van der Waals surface area contributed by atoms with Gasteiger partial charge in [-0.3, -0.25) is 19.2 Å². The summed E-state index contributed by atoms with van der Waals surface area (Å²) in [6.07, 6.45) is 11.6. The Labute approximate surface area is 182 Å². The van der Waals surface area contributed by atoms with E-state index in [4.69, 9.17) is 4.98 Å². The van der Waals surface area contributed by atoms with E-state index in [1.54, 1.807) is 24.0 Å². The molecule has 2 fully saturated rings. The lowest BCUT2D eigenvalue weighted by atomic mass is 9.92. The molecule has 31 heavy (non-hydrogen) atoms. The van der Waals surface area contributed by atoms with Crippen LogP contribution in [0.5, 0.6) is 0 Å². The molecular weight excluding hydrogens is 392 g/mol. The molecule has 0 aromatic carbocycles. The molecule has 1 saturated heterocycles. The molecule has 3 aliphatic rings. The average Bonchev–Trinajstić information content (AvgIpc) is 3.24. The van der Waals surface area contributed by atoms with Crippen molar-refractivity contribution in [2.75, 3.05) is 13.1 Å². The Morgan fingerprint density at radius 1 is 1.10 bits per heavy atom. The standard InChI is InChI=1S/C23H32N6O2/c1-27-20(10-12-24-27)23(31)29-13-6-5-9-19(29)21-25-18-15-28(16-7-3-2-4-8-16)14-11-17(18)22(30)26-21/h10,12,16,19H,2-9,11,13-15H2,1H3,(H,25,26,30)/t19-/m1/s1. The Morgan fingerprint density at radius 3 is 2.68 bits per heavy atom. The zero-order chi connectivity index (χ0) is 21.4. The smallest absolute Gasteiger partial charge is 0.272 e. The number of likely N-dealkylation sites (tertiary alicyclic amines) is 1. The normalized spacial score (nSPS) is 23.0. The third kappa shape index (κ3) is 3.93. The summed E-state index contributed by atoms with van der Waals surface area (Å²) >= 11 is 0. The molecule has 1 N–H and O–H groups in total. The van der Waals surface area contributed by atoms with Gasteiger partial charge >= 0.3 is 0 Å². The number of aryl methyl sites for hydroxylation is 1. The second-order valence-corrected chi connectivity index (χ2v) is 9.24. The third-order valence-electron chi connectivity index (χ3n) is 7.33.